The monoisotopic (exact) mass is 230 g/mol. The van der Waals surface area contributed by atoms with Crippen LogP contribution in [-0.2, 0) is 4.79 Å². The summed E-state index contributed by atoms with van der Waals surface area (Å²) in [6, 6.07) is 0. The van der Waals surface area contributed by atoms with Crippen LogP contribution >= 0.6 is 12.6 Å². The maximum atomic E-state index is 11.5. The van der Waals surface area contributed by atoms with Crippen LogP contribution in [0.4, 0.5) is 0 Å². The Labute approximate surface area is 95.5 Å². The van der Waals surface area contributed by atoms with Crippen LogP contribution in [0.1, 0.15) is 13.8 Å². The second-order valence-corrected chi connectivity index (χ2v) is 4.39. The molecule has 1 amide bonds. The topological polar surface area (TPSA) is 70.4 Å². The van der Waals surface area contributed by atoms with Gasteiger partial charge in [-0.3, -0.25) is 4.79 Å². The maximum absolute atomic E-state index is 11.5. The standard InChI is InChI=1S/C9H18N4OS/c1-5(2)4-13-7(10)6(11-3)8(14)12-9(13)15/h5,9,11,15H,4,10H2,1-3H3,(H,12,14). The zero-order valence-electron chi connectivity index (χ0n) is 9.24. The lowest BCUT2D eigenvalue weighted by Crippen LogP contribution is -2.54. The van der Waals surface area contributed by atoms with E-state index in [9.17, 15) is 4.79 Å². The molecule has 4 N–H and O–H groups in total. The van der Waals surface area contributed by atoms with Crippen molar-refractivity contribution in [1.29, 1.82) is 0 Å². The molecule has 0 spiro atoms. The van der Waals surface area contributed by atoms with E-state index in [1.54, 1.807) is 7.05 Å². The summed E-state index contributed by atoms with van der Waals surface area (Å²) in [4.78, 5) is 13.4. The van der Waals surface area contributed by atoms with Crippen LogP contribution < -0.4 is 16.4 Å². The molecule has 0 bridgehead atoms. The number of amides is 1. The third kappa shape index (κ3) is 2.50. The van der Waals surface area contributed by atoms with Crippen LogP contribution in [0.3, 0.4) is 0 Å². The van der Waals surface area contributed by atoms with Gasteiger partial charge in [-0.2, -0.15) is 0 Å². The van der Waals surface area contributed by atoms with Crippen LogP contribution in [0, 0.1) is 5.92 Å². The van der Waals surface area contributed by atoms with Crippen molar-refractivity contribution in [3.8, 4) is 0 Å². The molecule has 1 atom stereocenters. The molecule has 0 fully saturated rings. The number of rotatable bonds is 3. The number of hydrogen-bond donors (Lipinski definition) is 4. The summed E-state index contributed by atoms with van der Waals surface area (Å²) in [5.41, 5.74) is 5.95. The molecular weight excluding hydrogens is 212 g/mol. The Morgan fingerprint density at radius 1 is 1.67 bits per heavy atom. The molecule has 0 aromatic carbocycles. The van der Waals surface area contributed by atoms with E-state index in [-0.39, 0.29) is 11.4 Å². The summed E-state index contributed by atoms with van der Waals surface area (Å²) in [6.45, 7) is 4.93. The molecule has 1 unspecified atom stereocenters. The molecule has 6 heteroatoms. The first kappa shape index (κ1) is 12.0. The summed E-state index contributed by atoms with van der Waals surface area (Å²) in [5.74, 6) is 0.691. The van der Waals surface area contributed by atoms with Gasteiger partial charge in [0.15, 0.2) is 0 Å². The number of nitrogens with one attached hydrogen (secondary N) is 2. The molecular formula is C9H18N4OS. The number of nitrogens with two attached hydrogens (primary N) is 1. The highest BCUT2D eigenvalue weighted by molar-refractivity contribution is 7.80. The summed E-state index contributed by atoms with van der Waals surface area (Å²) in [6.07, 6.45) is 0. The van der Waals surface area contributed by atoms with Crippen molar-refractivity contribution in [2.75, 3.05) is 13.6 Å². The quantitative estimate of drug-likeness (QED) is 0.500. The molecule has 15 heavy (non-hydrogen) atoms. The molecule has 0 saturated carbocycles. The maximum Gasteiger partial charge on any atom is 0.273 e. The van der Waals surface area contributed by atoms with Gasteiger partial charge in [-0.1, -0.05) is 13.8 Å². The van der Waals surface area contributed by atoms with Crippen molar-refractivity contribution in [2.24, 2.45) is 11.7 Å². The molecule has 0 aliphatic carbocycles. The Hall–Kier alpha value is -1.04. The van der Waals surface area contributed by atoms with Gasteiger partial charge in [-0.05, 0) is 5.92 Å². The van der Waals surface area contributed by atoms with Gasteiger partial charge in [0.1, 0.15) is 17.0 Å². The number of nitrogens with zero attached hydrogens (tertiary/aromatic N) is 1. The van der Waals surface area contributed by atoms with Crippen molar-refractivity contribution in [3.05, 3.63) is 11.5 Å². The number of carbonyl (C=O) groups excluding carboxylic acids is 1. The van der Waals surface area contributed by atoms with Gasteiger partial charge in [0.25, 0.3) is 5.91 Å². The van der Waals surface area contributed by atoms with Crippen molar-refractivity contribution in [2.45, 2.75) is 19.3 Å². The highest BCUT2D eigenvalue weighted by Gasteiger charge is 2.29. The van der Waals surface area contributed by atoms with Crippen LogP contribution in [-0.4, -0.2) is 29.9 Å². The third-order valence-corrected chi connectivity index (χ3v) is 2.57. The van der Waals surface area contributed by atoms with Gasteiger partial charge in [0.2, 0.25) is 0 Å². The number of likely N-dealkylation sites (N-methyl/N-ethyl adjacent to an activating group) is 1. The normalized spacial score (nSPS) is 22.1. The summed E-state index contributed by atoms with van der Waals surface area (Å²) >= 11 is 4.28. The largest absolute Gasteiger partial charge is 0.383 e. The fourth-order valence-corrected chi connectivity index (χ4v) is 1.83. The predicted molar refractivity (Wildman–Crippen MR) is 62.7 cm³/mol. The van der Waals surface area contributed by atoms with Gasteiger partial charge in [-0.15, -0.1) is 12.6 Å². The molecule has 5 nitrogen and oxygen atoms in total. The highest BCUT2D eigenvalue weighted by Crippen LogP contribution is 2.16. The Balaban J connectivity index is 2.94. The Morgan fingerprint density at radius 3 is 2.73 bits per heavy atom. The van der Waals surface area contributed by atoms with Gasteiger partial charge >= 0.3 is 0 Å². The van der Waals surface area contributed by atoms with Crippen molar-refractivity contribution in [1.82, 2.24) is 15.5 Å². The molecule has 0 aromatic rings. The lowest BCUT2D eigenvalue weighted by molar-refractivity contribution is -0.119. The van der Waals surface area contributed by atoms with Crippen LogP contribution in [0.5, 0.6) is 0 Å². The third-order valence-electron chi connectivity index (χ3n) is 2.16. The highest BCUT2D eigenvalue weighted by atomic mass is 32.1. The number of thiol groups is 1. The first-order valence-electron chi connectivity index (χ1n) is 4.90. The SMILES string of the molecule is CNC1=C(N)N(CC(C)C)C(S)NC1=O. The van der Waals surface area contributed by atoms with Crippen molar-refractivity contribution in [3.63, 3.8) is 0 Å². The molecule has 0 aromatic heterocycles. The van der Waals surface area contributed by atoms with Crippen LogP contribution in [0.25, 0.3) is 0 Å². The van der Waals surface area contributed by atoms with Crippen molar-refractivity contribution >= 4 is 18.5 Å². The van der Waals surface area contributed by atoms with E-state index in [2.05, 4.69) is 37.1 Å². The number of carbonyl (C=O) groups is 1. The van der Waals surface area contributed by atoms with E-state index in [4.69, 9.17) is 5.73 Å². The van der Waals surface area contributed by atoms with Crippen molar-refractivity contribution < 1.29 is 4.79 Å². The summed E-state index contributed by atoms with van der Waals surface area (Å²) in [7, 11) is 1.67. The molecule has 1 heterocycles. The minimum absolute atomic E-state index is 0.213. The second-order valence-electron chi connectivity index (χ2n) is 3.90. The fraction of sp³-hybridized carbons (Fsp3) is 0.667. The van der Waals surface area contributed by atoms with Gasteiger partial charge < -0.3 is 21.3 Å². The minimum atomic E-state index is -0.350. The van der Waals surface area contributed by atoms with Gasteiger partial charge in [0, 0.05) is 13.6 Å². The molecule has 0 saturated heterocycles. The molecule has 1 rings (SSSR count). The average Bonchev–Trinajstić information content (AvgIpc) is 2.12. The van der Waals surface area contributed by atoms with Gasteiger partial charge in [0.05, 0.1) is 0 Å². The average molecular weight is 230 g/mol. The van der Waals surface area contributed by atoms with E-state index >= 15 is 0 Å². The first-order valence-corrected chi connectivity index (χ1v) is 5.42. The molecule has 0 radical (unpaired) electrons. The smallest absolute Gasteiger partial charge is 0.273 e. The first-order chi connectivity index (χ1) is 6.97. The second kappa shape index (κ2) is 4.65. The molecule has 86 valence electrons. The van der Waals surface area contributed by atoms with E-state index in [0.29, 0.717) is 17.4 Å². The van der Waals surface area contributed by atoms with Crippen LogP contribution in [0.2, 0.25) is 0 Å². The lowest BCUT2D eigenvalue weighted by Gasteiger charge is -2.37. The zero-order chi connectivity index (χ0) is 11.6. The van der Waals surface area contributed by atoms with E-state index in [1.165, 1.54) is 0 Å². The Kier molecular flexibility index (Phi) is 3.73. The van der Waals surface area contributed by atoms with E-state index in [1.807, 2.05) is 4.90 Å². The molecule has 1 aliphatic heterocycles. The van der Waals surface area contributed by atoms with Crippen LogP contribution in [0.15, 0.2) is 11.5 Å². The summed E-state index contributed by atoms with van der Waals surface area (Å²) < 4.78 is 0. The Bertz CT molecular complexity index is 290. The predicted octanol–water partition coefficient (Wildman–Crippen LogP) is -0.365. The Morgan fingerprint density at radius 2 is 2.27 bits per heavy atom. The summed E-state index contributed by atoms with van der Waals surface area (Å²) in [5, 5.41) is 5.51. The fourth-order valence-electron chi connectivity index (χ4n) is 1.49. The van der Waals surface area contributed by atoms with Gasteiger partial charge in [-0.25, -0.2) is 0 Å². The van der Waals surface area contributed by atoms with E-state index < -0.39 is 0 Å². The number of hydrogen-bond acceptors (Lipinski definition) is 5. The molecule has 1 aliphatic rings. The minimum Gasteiger partial charge on any atom is -0.383 e. The lowest BCUT2D eigenvalue weighted by atomic mass is 10.2. The van der Waals surface area contributed by atoms with E-state index in [0.717, 1.165) is 6.54 Å². The zero-order valence-corrected chi connectivity index (χ0v) is 10.1.